The molecule has 0 saturated carbocycles. The normalized spacial score (nSPS) is 12.1. The fourth-order valence-corrected chi connectivity index (χ4v) is 1.64. The Balaban J connectivity index is 2.79. The van der Waals surface area contributed by atoms with Gasteiger partial charge in [0.15, 0.2) is 0 Å². The highest BCUT2D eigenvalue weighted by atomic mass is 19.1. The van der Waals surface area contributed by atoms with Gasteiger partial charge in [0.05, 0.1) is 6.54 Å². The molecular formula is C15H21FN2. The molecule has 0 bridgehead atoms. The topological polar surface area (TPSA) is 29.3 Å². The first-order valence-electron chi connectivity index (χ1n) is 6.26. The number of rotatable bonds is 4. The summed E-state index contributed by atoms with van der Waals surface area (Å²) < 4.78 is 13.9. The van der Waals surface area contributed by atoms with Gasteiger partial charge >= 0.3 is 0 Å². The van der Waals surface area contributed by atoms with Crippen LogP contribution in [0.15, 0.2) is 18.2 Å². The highest BCUT2D eigenvalue weighted by Crippen LogP contribution is 2.14. The van der Waals surface area contributed by atoms with E-state index in [9.17, 15) is 4.39 Å². The van der Waals surface area contributed by atoms with Gasteiger partial charge in [0.2, 0.25) is 0 Å². The van der Waals surface area contributed by atoms with Crippen molar-refractivity contribution in [3.05, 3.63) is 35.1 Å². The summed E-state index contributed by atoms with van der Waals surface area (Å²) >= 11 is 0. The molecule has 98 valence electrons. The Labute approximate surface area is 109 Å². The molecule has 0 saturated heterocycles. The zero-order valence-corrected chi connectivity index (χ0v) is 11.3. The van der Waals surface area contributed by atoms with Crippen LogP contribution in [-0.4, -0.2) is 24.5 Å². The Kier molecular flexibility index (Phi) is 5.84. The van der Waals surface area contributed by atoms with Gasteiger partial charge in [0.25, 0.3) is 0 Å². The number of halogens is 1. The molecule has 0 heterocycles. The van der Waals surface area contributed by atoms with Crippen LogP contribution in [0.3, 0.4) is 0 Å². The minimum absolute atomic E-state index is 0.200. The largest absolute Gasteiger partial charge is 0.320 e. The quantitative estimate of drug-likeness (QED) is 0.829. The monoisotopic (exact) mass is 248 g/mol. The van der Waals surface area contributed by atoms with Crippen LogP contribution >= 0.6 is 0 Å². The minimum atomic E-state index is -0.200. The molecule has 0 aromatic heterocycles. The molecule has 0 aliphatic heterocycles. The zero-order valence-electron chi connectivity index (χ0n) is 11.3. The summed E-state index contributed by atoms with van der Waals surface area (Å²) in [6, 6.07) is 5.56. The summed E-state index contributed by atoms with van der Waals surface area (Å²) in [4.78, 5) is 2.14. The first kappa shape index (κ1) is 14.7. The fourth-order valence-electron chi connectivity index (χ4n) is 1.64. The van der Waals surface area contributed by atoms with Crippen LogP contribution in [0.1, 0.15) is 31.4 Å². The van der Waals surface area contributed by atoms with Gasteiger partial charge in [-0.2, -0.15) is 0 Å². The molecule has 2 nitrogen and oxygen atoms in total. The number of benzene rings is 1. The van der Waals surface area contributed by atoms with Crippen LogP contribution in [0, 0.1) is 17.7 Å². The van der Waals surface area contributed by atoms with E-state index < -0.39 is 0 Å². The van der Waals surface area contributed by atoms with E-state index in [1.165, 1.54) is 6.07 Å². The maximum atomic E-state index is 13.9. The van der Waals surface area contributed by atoms with Crippen molar-refractivity contribution in [2.45, 2.75) is 32.9 Å². The molecule has 1 aromatic carbocycles. The maximum absolute atomic E-state index is 13.9. The third kappa shape index (κ3) is 4.14. The van der Waals surface area contributed by atoms with Crippen LogP contribution in [0.25, 0.3) is 0 Å². The van der Waals surface area contributed by atoms with Gasteiger partial charge in [0.1, 0.15) is 5.82 Å². The van der Waals surface area contributed by atoms with Gasteiger partial charge in [-0.05, 0) is 32.5 Å². The van der Waals surface area contributed by atoms with Crippen molar-refractivity contribution in [2.75, 3.05) is 13.6 Å². The molecule has 0 radical (unpaired) electrons. The molecule has 0 amide bonds. The second kappa shape index (κ2) is 7.15. The van der Waals surface area contributed by atoms with Gasteiger partial charge in [-0.3, -0.25) is 4.90 Å². The predicted molar refractivity (Wildman–Crippen MR) is 73.6 cm³/mol. The zero-order chi connectivity index (χ0) is 13.5. The lowest BCUT2D eigenvalue weighted by Crippen LogP contribution is -2.28. The lowest BCUT2D eigenvalue weighted by Gasteiger charge is -2.23. The molecule has 1 aromatic rings. The van der Waals surface area contributed by atoms with Gasteiger partial charge in [0, 0.05) is 23.7 Å². The van der Waals surface area contributed by atoms with Crippen molar-refractivity contribution in [1.82, 2.24) is 4.90 Å². The fraction of sp³-hybridized carbons (Fsp3) is 0.467. The van der Waals surface area contributed by atoms with E-state index in [0.717, 1.165) is 6.42 Å². The Bertz CT molecular complexity index is 446. The van der Waals surface area contributed by atoms with Crippen molar-refractivity contribution in [3.8, 4) is 11.8 Å². The van der Waals surface area contributed by atoms with Crippen LogP contribution in [-0.2, 0) is 6.54 Å². The average molecular weight is 248 g/mol. The van der Waals surface area contributed by atoms with Crippen molar-refractivity contribution in [3.63, 3.8) is 0 Å². The molecule has 3 heteroatoms. The molecule has 0 spiro atoms. The predicted octanol–water partition coefficient (Wildman–Crippen LogP) is 2.37. The number of hydrogen-bond donors (Lipinski definition) is 1. The maximum Gasteiger partial charge on any atom is 0.128 e. The Morgan fingerprint density at radius 2 is 2.17 bits per heavy atom. The Hall–Kier alpha value is -1.37. The average Bonchev–Trinajstić information content (AvgIpc) is 2.38. The highest BCUT2D eigenvalue weighted by molar-refractivity contribution is 5.37. The second-order valence-electron chi connectivity index (χ2n) is 4.48. The lowest BCUT2D eigenvalue weighted by molar-refractivity contribution is 0.240. The van der Waals surface area contributed by atoms with Crippen LogP contribution in [0.4, 0.5) is 4.39 Å². The van der Waals surface area contributed by atoms with Crippen LogP contribution < -0.4 is 5.73 Å². The summed E-state index contributed by atoms with van der Waals surface area (Å²) in [5, 5.41) is 0. The number of hydrogen-bond acceptors (Lipinski definition) is 2. The summed E-state index contributed by atoms with van der Waals surface area (Å²) in [5.41, 5.74) is 6.66. The van der Waals surface area contributed by atoms with E-state index >= 15 is 0 Å². The summed E-state index contributed by atoms with van der Waals surface area (Å²) in [6.07, 6.45) is 1.05. The highest BCUT2D eigenvalue weighted by Gasteiger charge is 2.10. The molecule has 2 N–H and O–H groups in total. The molecule has 1 rings (SSSR count). The van der Waals surface area contributed by atoms with Crippen LogP contribution in [0.5, 0.6) is 0 Å². The summed E-state index contributed by atoms with van der Waals surface area (Å²) in [6.45, 7) is 5.17. The van der Waals surface area contributed by atoms with Crippen molar-refractivity contribution < 1.29 is 4.39 Å². The smallest absolute Gasteiger partial charge is 0.128 e. The summed E-state index contributed by atoms with van der Waals surface area (Å²) in [7, 11) is 2.01. The molecular weight excluding hydrogens is 227 g/mol. The molecule has 0 aliphatic carbocycles. The van der Waals surface area contributed by atoms with E-state index in [1.54, 1.807) is 6.07 Å². The SMILES string of the molecule is CCC(C)N(C)Cc1ccc(C#CCN)cc1F. The van der Waals surface area contributed by atoms with Gasteiger partial charge in [-0.15, -0.1) is 0 Å². The van der Waals surface area contributed by atoms with E-state index in [0.29, 0.717) is 30.3 Å². The Morgan fingerprint density at radius 3 is 2.72 bits per heavy atom. The van der Waals surface area contributed by atoms with E-state index in [-0.39, 0.29) is 5.82 Å². The van der Waals surface area contributed by atoms with E-state index in [4.69, 9.17) is 5.73 Å². The van der Waals surface area contributed by atoms with Crippen molar-refractivity contribution >= 4 is 0 Å². The van der Waals surface area contributed by atoms with Crippen molar-refractivity contribution in [1.29, 1.82) is 0 Å². The van der Waals surface area contributed by atoms with Gasteiger partial charge in [-0.1, -0.05) is 24.8 Å². The molecule has 0 aliphatic rings. The van der Waals surface area contributed by atoms with E-state index in [2.05, 4.69) is 30.6 Å². The minimum Gasteiger partial charge on any atom is -0.320 e. The first-order chi connectivity index (χ1) is 8.58. The van der Waals surface area contributed by atoms with Crippen LogP contribution in [0.2, 0.25) is 0 Å². The first-order valence-corrected chi connectivity index (χ1v) is 6.26. The molecule has 0 fully saturated rings. The van der Waals surface area contributed by atoms with Gasteiger partial charge < -0.3 is 5.73 Å². The lowest BCUT2D eigenvalue weighted by atomic mass is 10.1. The second-order valence-corrected chi connectivity index (χ2v) is 4.48. The summed E-state index contributed by atoms with van der Waals surface area (Å²) in [5.74, 6) is 5.35. The molecule has 1 atom stereocenters. The standard InChI is InChI=1S/C15H21FN2/c1-4-12(2)18(3)11-14-8-7-13(6-5-9-17)10-15(14)16/h7-8,10,12H,4,9,11,17H2,1-3H3. The number of nitrogens with zero attached hydrogens (tertiary/aromatic N) is 1. The van der Waals surface area contributed by atoms with E-state index in [1.807, 2.05) is 13.1 Å². The molecule has 18 heavy (non-hydrogen) atoms. The van der Waals surface area contributed by atoms with Crippen molar-refractivity contribution in [2.24, 2.45) is 5.73 Å². The number of nitrogens with two attached hydrogens (primary N) is 1. The molecule has 1 unspecified atom stereocenters. The third-order valence-electron chi connectivity index (χ3n) is 3.15. The van der Waals surface area contributed by atoms with Gasteiger partial charge in [-0.25, -0.2) is 4.39 Å². The Morgan fingerprint density at radius 1 is 1.44 bits per heavy atom. The third-order valence-corrected chi connectivity index (χ3v) is 3.15.